The lowest BCUT2D eigenvalue weighted by Crippen LogP contribution is -2.17. The molecule has 5 nitrogen and oxygen atoms in total. The fourth-order valence-electron chi connectivity index (χ4n) is 3.98. The Kier molecular flexibility index (Phi) is 5.05. The molecule has 2 heterocycles. The van der Waals surface area contributed by atoms with Crippen LogP contribution in [-0.4, -0.2) is 32.1 Å². The summed E-state index contributed by atoms with van der Waals surface area (Å²) in [5, 5.41) is 10.3. The Morgan fingerprint density at radius 3 is 2.77 bits per heavy atom. The van der Waals surface area contributed by atoms with Crippen molar-refractivity contribution in [2.45, 2.75) is 50.5 Å². The zero-order chi connectivity index (χ0) is 18.1. The molecule has 1 aliphatic carbocycles. The minimum absolute atomic E-state index is 0.728. The number of hydrogen-bond acceptors (Lipinski definition) is 4. The Balaban J connectivity index is 1.80. The highest BCUT2D eigenvalue weighted by Gasteiger charge is 2.18. The van der Waals surface area contributed by atoms with Crippen LogP contribution in [0.4, 0.5) is 5.69 Å². The molecule has 0 bridgehead atoms. The first kappa shape index (κ1) is 17.6. The van der Waals surface area contributed by atoms with Crippen LogP contribution in [0.5, 0.6) is 0 Å². The summed E-state index contributed by atoms with van der Waals surface area (Å²) in [6, 6.07) is 5.91. The van der Waals surface area contributed by atoms with Crippen molar-refractivity contribution in [3.05, 3.63) is 24.4 Å². The molecule has 0 radical (unpaired) electrons. The van der Waals surface area contributed by atoms with Gasteiger partial charge in [-0.2, -0.15) is 5.10 Å². The van der Waals surface area contributed by atoms with E-state index in [1.165, 1.54) is 32.1 Å². The molecule has 0 spiro atoms. The third-order valence-corrected chi connectivity index (χ3v) is 6.39. The average molecular weight is 371 g/mol. The third kappa shape index (κ3) is 3.28. The van der Waals surface area contributed by atoms with E-state index in [0.29, 0.717) is 0 Å². The molecule has 1 atom stereocenters. The molecule has 0 saturated heterocycles. The Morgan fingerprint density at radius 1 is 1.23 bits per heavy atom. The second-order valence-corrected chi connectivity index (χ2v) is 8.58. The molecule has 1 N–H and O–H groups in total. The Morgan fingerprint density at radius 2 is 2.04 bits per heavy atom. The summed E-state index contributed by atoms with van der Waals surface area (Å²) in [4.78, 5) is 5.66. The number of hydrogen-bond donors (Lipinski definition) is 1. The minimum atomic E-state index is -1.01. The van der Waals surface area contributed by atoms with E-state index in [4.69, 9.17) is 4.98 Å². The molecule has 0 aliphatic heterocycles. The Bertz CT molecular complexity index is 915. The molecular weight excluding hydrogens is 344 g/mol. The van der Waals surface area contributed by atoms with Gasteiger partial charge >= 0.3 is 0 Å². The van der Waals surface area contributed by atoms with Crippen molar-refractivity contribution in [2.75, 3.05) is 18.1 Å². The average Bonchev–Trinajstić information content (AvgIpc) is 3.08. The van der Waals surface area contributed by atoms with Crippen LogP contribution in [0.1, 0.15) is 39.0 Å². The molecule has 1 unspecified atom stereocenters. The maximum Gasteiger partial charge on any atom is 0.160 e. The van der Waals surface area contributed by atoms with Gasteiger partial charge in [-0.1, -0.05) is 19.3 Å². The van der Waals surface area contributed by atoms with Gasteiger partial charge in [-0.15, -0.1) is 0 Å². The van der Waals surface area contributed by atoms with Crippen LogP contribution in [0.25, 0.3) is 21.9 Å². The first-order chi connectivity index (χ1) is 12.7. The van der Waals surface area contributed by atoms with Gasteiger partial charge in [-0.25, -0.2) is 9.67 Å². The lowest BCUT2D eigenvalue weighted by Gasteiger charge is -2.23. The van der Waals surface area contributed by atoms with Gasteiger partial charge in [-0.3, -0.25) is 0 Å². The van der Waals surface area contributed by atoms with Crippen molar-refractivity contribution < 1.29 is 4.55 Å². The number of rotatable bonds is 5. The topological polar surface area (TPSA) is 65.8 Å². The summed E-state index contributed by atoms with van der Waals surface area (Å²) < 4.78 is 13.9. The van der Waals surface area contributed by atoms with Crippen LogP contribution in [0.15, 0.2) is 29.3 Å². The van der Waals surface area contributed by atoms with Crippen LogP contribution < -0.4 is 5.32 Å². The third-order valence-electron chi connectivity index (χ3n) is 5.47. The highest BCUT2D eigenvalue weighted by Crippen LogP contribution is 2.33. The van der Waals surface area contributed by atoms with Gasteiger partial charge < -0.3 is 9.87 Å². The maximum atomic E-state index is 12.0. The van der Waals surface area contributed by atoms with E-state index in [1.807, 2.05) is 29.1 Å². The lowest BCUT2D eigenvalue weighted by atomic mass is 9.89. The second kappa shape index (κ2) is 7.45. The molecule has 1 fully saturated rings. The molecular formula is C20H26N4OS. The van der Waals surface area contributed by atoms with Crippen molar-refractivity contribution >= 4 is 38.8 Å². The summed E-state index contributed by atoms with van der Waals surface area (Å²) in [5.41, 5.74) is 2.92. The smallest absolute Gasteiger partial charge is 0.160 e. The summed E-state index contributed by atoms with van der Waals surface area (Å²) in [7, 11) is 0. The Hall–Kier alpha value is -1.79. The highest BCUT2D eigenvalue weighted by atomic mass is 32.2. The molecule has 26 heavy (non-hydrogen) atoms. The number of nitrogens with zero attached hydrogens (tertiary/aromatic N) is 3. The van der Waals surface area contributed by atoms with Crippen molar-refractivity contribution in [3.8, 4) is 0 Å². The fourth-order valence-corrected chi connectivity index (χ4v) is 4.53. The first-order valence-electron chi connectivity index (χ1n) is 9.54. The van der Waals surface area contributed by atoms with E-state index in [1.54, 1.807) is 6.26 Å². The zero-order valence-corrected chi connectivity index (χ0v) is 16.3. The maximum absolute atomic E-state index is 12.0. The minimum Gasteiger partial charge on any atom is -0.612 e. The molecule has 3 aromatic rings. The largest absolute Gasteiger partial charge is 0.612 e. The van der Waals surface area contributed by atoms with Gasteiger partial charge in [0.1, 0.15) is 6.26 Å². The van der Waals surface area contributed by atoms with Gasteiger partial charge in [0.2, 0.25) is 0 Å². The van der Waals surface area contributed by atoms with Crippen molar-refractivity contribution in [3.63, 3.8) is 0 Å². The summed E-state index contributed by atoms with van der Waals surface area (Å²) in [5.74, 6) is 0.728. The van der Waals surface area contributed by atoms with Crippen molar-refractivity contribution in [1.82, 2.24) is 14.8 Å². The number of fused-ring (bicyclic) bond motifs is 2. The van der Waals surface area contributed by atoms with Gasteiger partial charge in [-0.05, 0) is 49.0 Å². The summed E-state index contributed by atoms with van der Waals surface area (Å²) in [6.45, 7) is 3.85. The molecule has 6 heteroatoms. The summed E-state index contributed by atoms with van der Waals surface area (Å²) >= 11 is -1.01. The van der Waals surface area contributed by atoms with Crippen LogP contribution in [0.3, 0.4) is 0 Å². The van der Waals surface area contributed by atoms with Crippen LogP contribution >= 0.6 is 0 Å². The van der Waals surface area contributed by atoms with E-state index < -0.39 is 11.2 Å². The van der Waals surface area contributed by atoms with E-state index in [-0.39, 0.29) is 0 Å². The number of aryl methyl sites for hydroxylation is 1. The fraction of sp³-hybridized carbons (Fsp3) is 0.500. The second-order valence-electron chi connectivity index (χ2n) is 7.20. The molecule has 1 saturated carbocycles. The van der Waals surface area contributed by atoms with Crippen molar-refractivity contribution in [2.24, 2.45) is 5.92 Å². The lowest BCUT2D eigenvalue weighted by molar-refractivity contribution is 0.373. The van der Waals surface area contributed by atoms with E-state index in [2.05, 4.69) is 17.3 Å². The molecule has 1 aliphatic rings. The number of benzene rings is 1. The van der Waals surface area contributed by atoms with Gasteiger partial charge in [0.25, 0.3) is 0 Å². The quantitative estimate of drug-likeness (QED) is 0.679. The predicted octanol–water partition coefficient (Wildman–Crippen LogP) is 4.33. The first-order valence-corrected chi connectivity index (χ1v) is 11.1. The SMILES string of the molecule is CCn1ncc2c(NCC3CCCCC3)c3cc([S+](C)[O-])ccc3nc21. The number of aromatic nitrogens is 3. The van der Waals surface area contributed by atoms with Crippen molar-refractivity contribution in [1.29, 1.82) is 0 Å². The van der Waals surface area contributed by atoms with Gasteiger partial charge in [0, 0.05) is 24.5 Å². The highest BCUT2D eigenvalue weighted by molar-refractivity contribution is 7.90. The standard InChI is InChI=1S/C20H26N4OS/c1-3-24-20-17(13-22-24)19(21-12-14-7-5-4-6-8-14)16-11-15(26(2)25)9-10-18(16)23-20/h9-11,13-14H,3-8,12H2,1-2H3,(H,21,23). The monoisotopic (exact) mass is 370 g/mol. The van der Waals surface area contributed by atoms with Crippen LogP contribution in [0, 0.1) is 5.92 Å². The molecule has 2 aromatic heterocycles. The Labute approximate surface area is 157 Å². The van der Waals surface area contributed by atoms with E-state index in [0.717, 1.165) is 51.5 Å². The molecule has 0 amide bonds. The molecule has 1 aromatic carbocycles. The van der Waals surface area contributed by atoms with Crippen LogP contribution in [0.2, 0.25) is 0 Å². The number of nitrogens with one attached hydrogen (secondary N) is 1. The van der Waals surface area contributed by atoms with E-state index >= 15 is 0 Å². The van der Waals surface area contributed by atoms with Gasteiger partial charge in [0.15, 0.2) is 10.5 Å². The predicted molar refractivity (Wildman–Crippen MR) is 108 cm³/mol. The summed E-state index contributed by atoms with van der Waals surface area (Å²) in [6.07, 6.45) is 10.3. The normalized spacial score (nSPS) is 17.0. The molecule has 138 valence electrons. The zero-order valence-electron chi connectivity index (χ0n) is 15.5. The van der Waals surface area contributed by atoms with Crippen LogP contribution in [-0.2, 0) is 17.7 Å². The van der Waals surface area contributed by atoms with E-state index in [9.17, 15) is 4.55 Å². The number of anilines is 1. The number of pyridine rings is 1. The molecule has 4 rings (SSSR count). The van der Waals surface area contributed by atoms with Gasteiger partial charge in [0.05, 0.1) is 22.8 Å².